The second-order valence-corrected chi connectivity index (χ2v) is 6.58. The van der Waals surface area contributed by atoms with Crippen LogP contribution in [0.4, 0.5) is 4.79 Å². The molecule has 5 nitrogen and oxygen atoms in total. The van der Waals surface area contributed by atoms with E-state index in [1.807, 2.05) is 29.3 Å². The highest BCUT2D eigenvalue weighted by Gasteiger charge is 2.09. The fourth-order valence-electron chi connectivity index (χ4n) is 1.68. The van der Waals surface area contributed by atoms with E-state index in [-0.39, 0.29) is 6.03 Å². The summed E-state index contributed by atoms with van der Waals surface area (Å²) in [5.74, 6) is 2.87. The number of thioether (sulfide) groups is 1. The van der Waals surface area contributed by atoms with Gasteiger partial charge in [0.25, 0.3) is 0 Å². The summed E-state index contributed by atoms with van der Waals surface area (Å²) in [5, 5.41) is 5.78. The number of hydrogen-bond acceptors (Lipinski definition) is 5. The number of thiazole rings is 1. The maximum Gasteiger partial charge on any atom is 0.317 e. The molecule has 2 heterocycles. The average molecular weight is 325 g/mol. The Kier molecular flexibility index (Phi) is 6.62. The molecule has 0 atom stereocenters. The zero-order valence-corrected chi connectivity index (χ0v) is 13.6. The molecule has 2 amide bonds. The first kappa shape index (κ1) is 15.9. The molecule has 7 heteroatoms. The van der Waals surface area contributed by atoms with Gasteiger partial charge in [0.15, 0.2) is 0 Å². The number of aromatic nitrogens is 1. The number of carbonyl (C=O) groups is 1. The highest BCUT2D eigenvalue weighted by atomic mass is 32.2. The van der Waals surface area contributed by atoms with Gasteiger partial charge in [-0.15, -0.1) is 11.3 Å². The highest BCUT2D eigenvalue weighted by Crippen LogP contribution is 2.13. The van der Waals surface area contributed by atoms with Gasteiger partial charge in [0.2, 0.25) is 0 Å². The Balaban J connectivity index is 1.52. The van der Waals surface area contributed by atoms with Gasteiger partial charge < -0.3 is 14.6 Å². The van der Waals surface area contributed by atoms with Crippen molar-refractivity contribution in [2.75, 3.05) is 19.3 Å². The lowest BCUT2D eigenvalue weighted by Gasteiger charge is -2.16. The molecule has 0 bridgehead atoms. The van der Waals surface area contributed by atoms with Crippen LogP contribution in [-0.2, 0) is 12.3 Å². The molecule has 0 aromatic carbocycles. The van der Waals surface area contributed by atoms with Crippen molar-refractivity contribution >= 4 is 29.1 Å². The average Bonchev–Trinajstić information content (AvgIpc) is 3.15. The van der Waals surface area contributed by atoms with Crippen molar-refractivity contribution in [3.63, 3.8) is 0 Å². The normalized spacial score (nSPS) is 10.5. The van der Waals surface area contributed by atoms with E-state index in [1.165, 1.54) is 0 Å². The topological polar surface area (TPSA) is 58.4 Å². The maximum absolute atomic E-state index is 11.9. The molecule has 0 saturated heterocycles. The molecular weight excluding hydrogens is 306 g/mol. The summed E-state index contributed by atoms with van der Waals surface area (Å²) < 4.78 is 5.26. The van der Waals surface area contributed by atoms with Crippen LogP contribution < -0.4 is 5.32 Å². The summed E-state index contributed by atoms with van der Waals surface area (Å²) >= 11 is 3.37. The molecular formula is C14H19N3O2S2. The Bertz CT molecular complexity index is 514. The van der Waals surface area contributed by atoms with Gasteiger partial charge in [-0.05, 0) is 24.3 Å². The van der Waals surface area contributed by atoms with E-state index in [4.69, 9.17) is 4.42 Å². The van der Waals surface area contributed by atoms with Gasteiger partial charge in [-0.1, -0.05) is 0 Å². The first-order valence-electron chi connectivity index (χ1n) is 6.73. The lowest BCUT2D eigenvalue weighted by atomic mass is 10.5. The summed E-state index contributed by atoms with van der Waals surface area (Å²) in [6.45, 7) is 1.24. The SMILES string of the molecule is CN(Cc1nccs1)C(=O)NCCCSCc1ccco1. The Morgan fingerprint density at radius 3 is 3.19 bits per heavy atom. The van der Waals surface area contributed by atoms with Gasteiger partial charge >= 0.3 is 6.03 Å². The van der Waals surface area contributed by atoms with Crippen molar-refractivity contribution in [3.05, 3.63) is 40.7 Å². The van der Waals surface area contributed by atoms with Crippen LogP contribution >= 0.6 is 23.1 Å². The van der Waals surface area contributed by atoms with Crippen LogP contribution in [0.2, 0.25) is 0 Å². The minimum absolute atomic E-state index is 0.0544. The second-order valence-electron chi connectivity index (χ2n) is 4.50. The van der Waals surface area contributed by atoms with E-state index in [1.54, 1.807) is 35.7 Å². The summed E-state index contributed by atoms with van der Waals surface area (Å²) in [4.78, 5) is 17.7. The molecule has 0 aliphatic rings. The summed E-state index contributed by atoms with van der Waals surface area (Å²) in [6.07, 6.45) is 4.39. The van der Waals surface area contributed by atoms with Crippen molar-refractivity contribution in [2.45, 2.75) is 18.7 Å². The van der Waals surface area contributed by atoms with Crippen LogP contribution in [0, 0.1) is 0 Å². The molecule has 1 N–H and O–H groups in total. The number of urea groups is 1. The number of hydrogen-bond donors (Lipinski definition) is 1. The van der Waals surface area contributed by atoms with Crippen LogP contribution in [0.5, 0.6) is 0 Å². The van der Waals surface area contributed by atoms with Crippen LogP contribution in [0.25, 0.3) is 0 Å². The van der Waals surface area contributed by atoms with Crippen LogP contribution in [0.15, 0.2) is 34.4 Å². The number of nitrogens with one attached hydrogen (secondary N) is 1. The molecule has 21 heavy (non-hydrogen) atoms. The van der Waals surface area contributed by atoms with Crippen molar-refractivity contribution < 1.29 is 9.21 Å². The van der Waals surface area contributed by atoms with Crippen LogP contribution in [-0.4, -0.2) is 35.3 Å². The molecule has 2 aromatic heterocycles. The van der Waals surface area contributed by atoms with Crippen molar-refractivity contribution in [1.29, 1.82) is 0 Å². The number of carbonyl (C=O) groups excluding carboxylic acids is 1. The summed E-state index contributed by atoms with van der Waals surface area (Å²) in [7, 11) is 1.78. The van der Waals surface area contributed by atoms with Gasteiger partial charge in [-0.2, -0.15) is 11.8 Å². The number of furan rings is 1. The monoisotopic (exact) mass is 325 g/mol. The largest absolute Gasteiger partial charge is 0.468 e. The first-order valence-corrected chi connectivity index (χ1v) is 8.76. The van der Waals surface area contributed by atoms with Crippen molar-refractivity contribution in [2.24, 2.45) is 0 Å². The van der Waals surface area contributed by atoms with Crippen molar-refractivity contribution in [1.82, 2.24) is 15.2 Å². The molecule has 0 aliphatic heterocycles. The van der Waals surface area contributed by atoms with Crippen LogP contribution in [0.1, 0.15) is 17.2 Å². The third-order valence-corrected chi connectivity index (χ3v) is 4.60. The van der Waals surface area contributed by atoms with Gasteiger partial charge in [-0.3, -0.25) is 0 Å². The third kappa shape index (κ3) is 5.81. The Morgan fingerprint density at radius 1 is 1.57 bits per heavy atom. The second kappa shape index (κ2) is 8.74. The molecule has 0 fully saturated rings. The van der Waals surface area contributed by atoms with Crippen molar-refractivity contribution in [3.8, 4) is 0 Å². The summed E-state index contributed by atoms with van der Waals surface area (Å²) in [6, 6.07) is 3.82. The van der Waals surface area contributed by atoms with Gasteiger partial charge in [0.05, 0.1) is 18.6 Å². The van der Waals surface area contributed by atoms with Gasteiger partial charge in [0.1, 0.15) is 10.8 Å². The summed E-state index contributed by atoms with van der Waals surface area (Å²) in [5.41, 5.74) is 0. The molecule has 0 aliphatic carbocycles. The number of rotatable bonds is 8. The first-order chi connectivity index (χ1) is 10.3. The minimum atomic E-state index is -0.0544. The number of nitrogens with zero attached hydrogens (tertiary/aromatic N) is 2. The molecule has 0 saturated carbocycles. The zero-order chi connectivity index (χ0) is 14.9. The Labute approximate surface area is 132 Å². The van der Waals surface area contributed by atoms with E-state index in [9.17, 15) is 4.79 Å². The molecule has 114 valence electrons. The predicted octanol–water partition coefficient (Wildman–Crippen LogP) is 3.20. The van der Waals surface area contributed by atoms with E-state index in [0.717, 1.165) is 28.7 Å². The lowest BCUT2D eigenvalue weighted by Crippen LogP contribution is -2.37. The minimum Gasteiger partial charge on any atom is -0.468 e. The standard InChI is InChI=1S/C14H19N3O2S2/c1-17(10-13-15-6-9-21-13)14(18)16-5-3-8-20-11-12-4-2-7-19-12/h2,4,6-7,9H,3,5,8,10-11H2,1H3,(H,16,18). The van der Waals surface area contributed by atoms with E-state index < -0.39 is 0 Å². The molecule has 2 rings (SSSR count). The van der Waals surface area contributed by atoms with Gasteiger partial charge in [0, 0.05) is 25.2 Å². The molecule has 2 aromatic rings. The smallest absolute Gasteiger partial charge is 0.317 e. The fourth-order valence-corrected chi connectivity index (χ4v) is 3.20. The highest BCUT2D eigenvalue weighted by molar-refractivity contribution is 7.98. The quantitative estimate of drug-likeness (QED) is 0.757. The molecule has 0 spiro atoms. The lowest BCUT2D eigenvalue weighted by molar-refractivity contribution is 0.207. The Hall–Kier alpha value is -1.47. The number of amides is 2. The molecule has 0 radical (unpaired) electrons. The zero-order valence-electron chi connectivity index (χ0n) is 11.9. The maximum atomic E-state index is 11.9. The predicted molar refractivity (Wildman–Crippen MR) is 86.5 cm³/mol. The fraction of sp³-hybridized carbons (Fsp3) is 0.429. The van der Waals surface area contributed by atoms with Crippen LogP contribution in [0.3, 0.4) is 0 Å². The Morgan fingerprint density at radius 2 is 2.48 bits per heavy atom. The van der Waals surface area contributed by atoms with E-state index in [0.29, 0.717) is 13.1 Å². The molecule has 0 unspecified atom stereocenters. The van der Waals surface area contributed by atoms with E-state index in [2.05, 4.69) is 10.3 Å². The van der Waals surface area contributed by atoms with Gasteiger partial charge in [-0.25, -0.2) is 9.78 Å². The third-order valence-electron chi connectivity index (χ3n) is 2.77. The van der Waals surface area contributed by atoms with E-state index >= 15 is 0 Å².